The van der Waals surface area contributed by atoms with E-state index in [1.807, 2.05) is 18.2 Å². The molecule has 0 radical (unpaired) electrons. The number of carboxylic acid groups (broad SMARTS) is 1. The highest BCUT2D eigenvalue weighted by Gasteiger charge is 2.04. The van der Waals surface area contributed by atoms with Crippen molar-refractivity contribution in [1.82, 2.24) is 5.48 Å². The Hall–Kier alpha value is -3.57. The fraction of sp³-hybridized carbons (Fsp3) is 0.192. The predicted molar refractivity (Wildman–Crippen MR) is 123 cm³/mol. The zero-order chi connectivity index (χ0) is 21.9. The van der Waals surface area contributed by atoms with Gasteiger partial charge in [0.1, 0.15) is 19.0 Å². The van der Waals surface area contributed by atoms with E-state index < -0.39 is 5.97 Å². The fourth-order valence-electron chi connectivity index (χ4n) is 3.15. The van der Waals surface area contributed by atoms with Gasteiger partial charge in [-0.05, 0) is 40.8 Å². The van der Waals surface area contributed by atoms with E-state index in [0.29, 0.717) is 24.5 Å². The van der Waals surface area contributed by atoms with Crippen molar-refractivity contribution in [3.63, 3.8) is 0 Å². The van der Waals surface area contributed by atoms with Crippen LogP contribution in [0.4, 0.5) is 0 Å². The van der Waals surface area contributed by atoms with Gasteiger partial charge in [-0.1, -0.05) is 79.7 Å². The first kappa shape index (κ1) is 22.1. The van der Waals surface area contributed by atoms with E-state index in [1.54, 1.807) is 24.3 Å². The van der Waals surface area contributed by atoms with Gasteiger partial charge in [0.05, 0.1) is 12.1 Å². The molecule has 0 saturated heterocycles. The van der Waals surface area contributed by atoms with Crippen LogP contribution in [0.3, 0.4) is 0 Å². The Labute approximate surface area is 182 Å². The van der Waals surface area contributed by atoms with Gasteiger partial charge in [0.15, 0.2) is 0 Å². The van der Waals surface area contributed by atoms with Gasteiger partial charge in [-0.15, -0.1) is 0 Å². The van der Waals surface area contributed by atoms with Gasteiger partial charge in [-0.25, -0.2) is 0 Å². The van der Waals surface area contributed by atoms with Crippen LogP contribution < -0.4 is 10.2 Å². The van der Waals surface area contributed by atoms with Gasteiger partial charge >= 0.3 is 5.97 Å². The average Bonchev–Trinajstić information content (AvgIpc) is 2.79. The Morgan fingerprint density at radius 2 is 1.68 bits per heavy atom. The number of hydrogen-bond donors (Lipinski definition) is 2. The molecule has 0 spiro atoms. The quantitative estimate of drug-likeness (QED) is 0.326. The largest absolute Gasteiger partial charge is 0.491 e. The second-order valence-corrected chi connectivity index (χ2v) is 6.99. The molecule has 0 bridgehead atoms. The third-order valence-corrected chi connectivity index (χ3v) is 4.60. The second kappa shape index (κ2) is 11.6. The number of nitrogens with one attached hydrogen (secondary N) is 1. The van der Waals surface area contributed by atoms with Crippen molar-refractivity contribution in [2.75, 3.05) is 13.2 Å². The van der Waals surface area contributed by atoms with E-state index in [0.717, 1.165) is 17.7 Å². The predicted octanol–water partition coefficient (Wildman–Crippen LogP) is 5.33. The molecule has 5 nitrogen and oxygen atoms in total. The molecule has 5 heteroatoms. The first-order valence-corrected chi connectivity index (χ1v) is 10.3. The van der Waals surface area contributed by atoms with Crippen LogP contribution in [0.5, 0.6) is 5.75 Å². The number of allylic oxidation sites excluding steroid dienone is 1. The summed E-state index contributed by atoms with van der Waals surface area (Å²) in [6, 6.07) is 25.7. The molecular formula is C26H27NO4. The maximum Gasteiger partial charge on any atom is 0.307 e. The molecule has 3 aromatic carbocycles. The topological polar surface area (TPSA) is 67.8 Å². The molecule has 0 amide bonds. The van der Waals surface area contributed by atoms with Crippen LogP contribution >= 0.6 is 0 Å². The number of carbonyl (C=O) groups is 1. The smallest absolute Gasteiger partial charge is 0.307 e. The molecule has 2 N–H and O–H groups in total. The highest BCUT2D eigenvalue weighted by Crippen LogP contribution is 2.22. The van der Waals surface area contributed by atoms with Crippen molar-refractivity contribution >= 4 is 11.7 Å². The Balaban J connectivity index is 1.50. The fourth-order valence-corrected chi connectivity index (χ4v) is 3.15. The molecule has 0 saturated carbocycles. The van der Waals surface area contributed by atoms with Crippen LogP contribution in [0.25, 0.3) is 16.8 Å². The maximum absolute atomic E-state index is 10.8. The highest BCUT2D eigenvalue weighted by molar-refractivity contribution is 5.70. The van der Waals surface area contributed by atoms with Gasteiger partial charge in [-0.3, -0.25) is 15.1 Å². The van der Waals surface area contributed by atoms with E-state index in [4.69, 9.17) is 14.7 Å². The summed E-state index contributed by atoms with van der Waals surface area (Å²) < 4.78 is 5.66. The number of carboxylic acids is 1. The number of aliphatic carboxylic acids is 1. The number of hydroxylamine groups is 1. The molecule has 31 heavy (non-hydrogen) atoms. The summed E-state index contributed by atoms with van der Waals surface area (Å²) in [6.07, 6.45) is 2.93. The third-order valence-electron chi connectivity index (χ3n) is 4.60. The highest BCUT2D eigenvalue weighted by atomic mass is 16.7. The Bertz CT molecular complexity index is 997. The van der Waals surface area contributed by atoms with Crippen LogP contribution in [-0.2, 0) is 16.1 Å². The average molecular weight is 418 g/mol. The maximum atomic E-state index is 10.8. The van der Waals surface area contributed by atoms with Crippen molar-refractivity contribution in [2.24, 2.45) is 0 Å². The van der Waals surface area contributed by atoms with E-state index in [9.17, 15) is 4.79 Å². The standard InChI is InChI=1S/C26H27NO4/c1-2-7-25(23-14-12-22(13-15-23)21-9-4-3-5-10-21)27-31-17-16-30-24-11-6-8-20(18-24)19-26(28)29/h3-15,18,27H,2,16-17,19H2,1H3,(H,28,29). The Morgan fingerprint density at radius 1 is 0.935 bits per heavy atom. The molecule has 0 unspecified atom stereocenters. The van der Waals surface area contributed by atoms with Gasteiger partial charge in [-0.2, -0.15) is 0 Å². The minimum atomic E-state index is -0.864. The van der Waals surface area contributed by atoms with Crippen LogP contribution in [-0.4, -0.2) is 24.3 Å². The van der Waals surface area contributed by atoms with Gasteiger partial charge in [0.2, 0.25) is 0 Å². The molecule has 0 atom stereocenters. The number of hydrogen-bond acceptors (Lipinski definition) is 4. The minimum Gasteiger partial charge on any atom is -0.491 e. The molecule has 3 aromatic rings. The summed E-state index contributed by atoms with van der Waals surface area (Å²) in [7, 11) is 0. The number of benzene rings is 3. The molecule has 160 valence electrons. The Morgan fingerprint density at radius 3 is 2.39 bits per heavy atom. The van der Waals surface area contributed by atoms with Gasteiger partial charge in [0.25, 0.3) is 0 Å². The summed E-state index contributed by atoms with van der Waals surface area (Å²) in [6.45, 7) is 2.76. The minimum absolute atomic E-state index is 0.0243. The SMILES string of the molecule is CCC=C(NOCCOc1cccc(CC(=O)O)c1)c1ccc(-c2ccccc2)cc1. The van der Waals surface area contributed by atoms with E-state index in [1.165, 1.54) is 11.1 Å². The molecule has 0 heterocycles. The summed E-state index contributed by atoms with van der Waals surface area (Å²) >= 11 is 0. The lowest BCUT2D eigenvalue weighted by Gasteiger charge is -2.13. The second-order valence-electron chi connectivity index (χ2n) is 6.99. The molecule has 0 aromatic heterocycles. The molecule has 3 rings (SSSR count). The van der Waals surface area contributed by atoms with Crippen LogP contribution in [0.1, 0.15) is 24.5 Å². The first-order chi connectivity index (χ1) is 15.2. The van der Waals surface area contributed by atoms with Crippen molar-refractivity contribution in [3.05, 3.63) is 96.1 Å². The van der Waals surface area contributed by atoms with Gasteiger partial charge < -0.3 is 9.84 Å². The van der Waals surface area contributed by atoms with E-state index in [-0.39, 0.29) is 6.42 Å². The number of rotatable bonds is 11. The lowest BCUT2D eigenvalue weighted by Crippen LogP contribution is -2.18. The normalized spacial score (nSPS) is 11.2. The third kappa shape index (κ3) is 7.01. The summed E-state index contributed by atoms with van der Waals surface area (Å²) in [5.74, 6) is -0.236. The monoisotopic (exact) mass is 417 g/mol. The van der Waals surface area contributed by atoms with Crippen LogP contribution in [0.2, 0.25) is 0 Å². The van der Waals surface area contributed by atoms with E-state index in [2.05, 4.69) is 54.9 Å². The molecule has 0 aliphatic rings. The zero-order valence-electron chi connectivity index (χ0n) is 17.6. The summed E-state index contributed by atoms with van der Waals surface area (Å²) in [5, 5.41) is 8.89. The lowest BCUT2D eigenvalue weighted by atomic mass is 10.0. The zero-order valence-corrected chi connectivity index (χ0v) is 17.6. The summed E-state index contributed by atoms with van der Waals surface area (Å²) in [5.41, 5.74) is 8.03. The summed E-state index contributed by atoms with van der Waals surface area (Å²) in [4.78, 5) is 16.4. The Kier molecular flexibility index (Phi) is 8.26. The van der Waals surface area contributed by atoms with Crippen molar-refractivity contribution in [2.45, 2.75) is 19.8 Å². The van der Waals surface area contributed by atoms with Crippen LogP contribution in [0.15, 0.2) is 84.9 Å². The molecule has 0 aliphatic heterocycles. The molecular weight excluding hydrogens is 390 g/mol. The van der Waals surface area contributed by atoms with Gasteiger partial charge in [0, 0.05) is 0 Å². The molecule has 0 aliphatic carbocycles. The van der Waals surface area contributed by atoms with Crippen LogP contribution in [0, 0.1) is 0 Å². The lowest BCUT2D eigenvalue weighted by molar-refractivity contribution is -0.136. The molecule has 0 fully saturated rings. The van der Waals surface area contributed by atoms with Crippen molar-refractivity contribution < 1.29 is 19.5 Å². The van der Waals surface area contributed by atoms with Crippen molar-refractivity contribution in [1.29, 1.82) is 0 Å². The number of ether oxygens (including phenoxy) is 1. The first-order valence-electron chi connectivity index (χ1n) is 10.3. The van der Waals surface area contributed by atoms with E-state index >= 15 is 0 Å². The van der Waals surface area contributed by atoms with Crippen molar-refractivity contribution in [3.8, 4) is 16.9 Å².